The van der Waals surface area contributed by atoms with Crippen LogP contribution in [-0.4, -0.2) is 35.7 Å². The average Bonchev–Trinajstić information content (AvgIpc) is 3.14. The highest BCUT2D eigenvalue weighted by molar-refractivity contribution is 5.34. The standard InChI is InChI=1S/C16H21NO2/c18-16(7-9-17-8-6-13(16)11-17)12-2-1-3-15(10-12)19-14-4-5-14/h1-3,10,13-14,18H,4-9,11H2. The number of ether oxygens (including phenoxy) is 1. The third kappa shape index (κ3) is 2.05. The fourth-order valence-electron chi connectivity index (χ4n) is 3.56. The van der Waals surface area contributed by atoms with Gasteiger partial charge in [0, 0.05) is 19.0 Å². The van der Waals surface area contributed by atoms with Crippen molar-refractivity contribution in [2.24, 2.45) is 5.92 Å². The van der Waals surface area contributed by atoms with Crippen LogP contribution in [0, 0.1) is 5.92 Å². The molecule has 0 aromatic heterocycles. The number of hydrogen-bond acceptors (Lipinski definition) is 3. The van der Waals surface area contributed by atoms with Crippen LogP contribution in [0.4, 0.5) is 0 Å². The van der Waals surface area contributed by atoms with Crippen LogP contribution in [0.25, 0.3) is 0 Å². The quantitative estimate of drug-likeness (QED) is 0.902. The second-order valence-electron chi connectivity index (χ2n) is 6.31. The minimum atomic E-state index is -0.643. The molecule has 1 aromatic carbocycles. The van der Waals surface area contributed by atoms with E-state index in [9.17, 15) is 5.11 Å². The van der Waals surface area contributed by atoms with E-state index in [-0.39, 0.29) is 0 Å². The lowest BCUT2D eigenvalue weighted by Crippen LogP contribution is -2.44. The maximum absolute atomic E-state index is 11.1. The van der Waals surface area contributed by atoms with Gasteiger partial charge in [-0.15, -0.1) is 0 Å². The van der Waals surface area contributed by atoms with Crippen LogP contribution in [0.3, 0.4) is 0 Å². The number of benzene rings is 1. The van der Waals surface area contributed by atoms with Crippen LogP contribution in [0.2, 0.25) is 0 Å². The maximum Gasteiger partial charge on any atom is 0.120 e. The molecule has 2 saturated heterocycles. The molecule has 102 valence electrons. The van der Waals surface area contributed by atoms with Crippen molar-refractivity contribution >= 4 is 0 Å². The molecule has 2 bridgehead atoms. The third-order valence-electron chi connectivity index (χ3n) is 4.92. The molecule has 1 saturated carbocycles. The van der Waals surface area contributed by atoms with E-state index >= 15 is 0 Å². The van der Waals surface area contributed by atoms with Gasteiger partial charge in [0.2, 0.25) is 0 Å². The second-order valence-corrected chi connectivity index (χ2v) is 6.31. The fraction of sp³-hybridized carbons (Fsp3) is 0.625. The number of piperidine rings is 1. The van der Waals surface area contributed by atoms with E-state index in [2.05, 4.69) is 17.0 Å². The van der Waals surface area contributed by atoms with Gasteiger partial charge in [0.05, 0.1) is 11.7 Å². The third-order valence-corrected chi connectivity index (χ3v) is 4.92. The van der Waals surface area contributed by atoms with E-state index in [0.717, 1.165) is 43.8 Å². The first-order chi connectivity index (χ1) is 9.24. The zero-order valence-corrected chi connectivity index (χ0v) is 11.2. The van der Waals surface area contributed by atoms with Crippen LogP contribution >= 0.6 is 0 Å². The molecule has 3 atom stereocenters. The van der Waals surface area contributed by atoms with Crippen LogP contribution < -0.4 is 4.74 Å². The number of hydrogen-bond donors (Lipinski definition) is 1. The van der Waals surface area contributed by atoms with Crippen molar-refractivity contribution in [2.75, 3.05) is 19.6 Å². The van der Waals surface area contributed by atoms with Gasteiger partial charge in [-0.3, -0.25) is 0 Å². The van der Waals surface area contributed by atoms with Crippen LogP contribution in [0.1, 0.15) is 31.2 Å². The molecule has 19 heavy (non-hydrogen) atoms. The van der Waals surface area contributed by atoms with E-state index in [0.29, 0.717) is 12.0 Å². The summed E-state index contributed by atoms with van der Waals surface area (Å²) in [5, 5.41) is 11.1. The van der Waals surface area contributed by atoms with Crippen molar-refractivity contribution in [3.05, 3.63) is 29.8 Å². The zero-order valence-electron chi connectivity index (χ0n) is 11.2. The number of aliphatic hydroxyl groups is 1. The van der Waals surface area contributed by atoms with Crippen LogP contribution in [0.5, 0.6) is 5.75 Å². The smallest absolute Gasteiger partial charge is 0.120 e. The highest BCUT2D eigenvalue weighted by Crippen LogP contribution is 2.43. The summed E-state index contributed by atoms with van der Waals surface area (Å²) in [5.41, 5.74) is 0.410. The summed E-state index contributed by atoms with van der Waals surface area (Å²) in [6.07, 6.45) is 4.73. The summed E-state index contributed by atoms with van der Waals surface area (Å²) >= 11 is 0. The van der Waals surface area contributed by atoms with Gasteiger partial charge in [0.15, 0.2) is 0 Å². The highest BCUT2D eigenvalue weighted by Gasteiger charge is 2.46. The van der Waals surface area contributed by atoms with Gasteiger partial charge < -0.3 is 14.7 Å². The Labute approximate surface area is 114 Å². The largest absolute Gasteiger partial charge is 0.490 e. The first kappa shape index (κ1) is 11.7. The van der Waals surface area contributed by atoms with E-state index in [1.54, 1.807) is 0 Å². The summed E-state index contributed by atoms with van der Waals surface area (Å²) in [6, 6.07) is 8.15. The lowest BCUT2D eigenvalue weighted by atomic mass is 9.77. The lowest BCUT2D eigenvalue weighted by molar-refractivity contribution is -0.0503. The SMILES string of the molecule is OC1(c2cccc(OC3CC3)c2)CCN2CCC1C2. The van der Waals surface area contributed by atoms with E-state index in [1.807, 2.05) is 12.1 Å². The van der Waals surface area contributed by atoms with Crippen LogP contribution in [0.15, 0.2) is 24.3 Å². The molecule has 3 heteroatoms. The Morgan fingerprint density at radius 2 is 2.11 bits per heavy atom. The molecule has 1 N–H and O–H groups in total. The summed E-state index contributed by atoms with van der Waals surface area (Å²) in [6.45, 7) is 3.20. The van der Waals surface area contributed by atoms with E-state index in [4.69, 9.17) is 4.74 Å². The Hall–Kier alpha value is -1.06. The topological polar surface area (TPSA) is 32.7 Å². The normalized spacial score (nSPS) is 37.3. The average molecular weight is 259 g/mol. The predicted molar refractivity (Wildman–Crippen MR) is 73.2 cm³/mol. The lowest BCUT2D eigenvalue weighted by Gasteiger charge is -2.39. The van der Waals surface area contributed by atoms with Crippen molar-refractivity contribution in [1.29, 1.82) is 0 Å². The second kappa shape index (κ2) is 4.22. The highest BCUT2D eigenvalue weighted by atomic mass is 16.5. The zero-order chi connectivity index (χ0) is 12.9. The summed E-state index contributed by atoms with van der Waals surface area (Å²) in [7, 11) is 0. The molecule has 1 aliphatic carbocycles. The molecule has 0 radical (unpaired) electrons. The van der Waals surface area contributed by atoms with Crippen LogP contribution in [-0.2, 0) is 5.60 Å². The van der Waals surface area contributed by atoms with Gasteiger partial charge in [0.1, 0.15) is 5.75 Å². The molecule has 0 spiro atoms. The molecule has 4 rings (SSSR count). The fourth-order valence-corrected chi connectivity index (χ4v) is 3.56. The van der Waals surface area contributed by atoms with Gasteiger partial charge in [0.25, 0.3) is 0 Å². The molecule has 3 fully saturated rings. The molecular weight excluding hydrogens is 238 g/mol. The van der Waals surface area contributed by atoms with Gasteiger partial charge in [-0.25, -0.2) is 0 Å². The van der Waals surface area contributed by atoms with Crippen molar-refractivity contribution in [3.8, 4) is 5.75 Å². The first-order valence-electron chi connectivity index (χ1n) is 7.46. The Bertz CT molecular complexity index is 485. The first-order valence-corrected chi connectivity index (χ1v) is 7.46. The molecule has 1 aromatic rings. The Kier molecular flexibility index (Phi) is 2.61. The minimum absolute atomic E-state index is 0.387. The van der Waals surface area contributed by atoms with Gasteiger partial charge in [-0.2, -0.15) is 0 Å². The van der Waals surface area contributed by atoms with Gasteiger partial charge >= 0.3 is 0 Å². The van der Waals surface area contributed by atoms with Gasteiger partial charge in [-0.1, -0.05) is 12.1 Å². The molecule has 2 aliphatic heterocycles. The van der Waals surface area contributed by atoms with Crippen molar-refractivity contribution in [2.45, 2.75) is 37.4 Å². The number of rotatable bonds is 3. The monoisotopic (exact) mass is 259 g/mol. The Morgan fingerprint density at radius 3 is 2.95 bits per heavy atom. The summed E-state index contributed by atoms with van der Waals surface area (Å²) in [5.74, 6) is 1.31. The van der Waals surface area contributed by atoms with Crippen molar-refractivity contribution in [1.82, 2.24) is 4.90 Å². The van der Waals surface area contributed by atoms with Gasteiger partial charge in [-0.05, 0) is 49.9 Å². The molecule has 3 aliphatic rings. The summed E-state index contributed by atoms with van der Waals surface area (Å²) < 4.78 is 5.86. The van der Waals surface area contributed by atoms with Crippen molar-refractivity contribution in [3.63, 3.8) is 0 Å². The van der Waals surface area contributed by atoms with E-state index < -0.39 is 5.60 Å². The molecule has 2 heterocycles. The Balaban J connectivity index is 1.62. The molecule has 0 amide bonds. The number of fused-ring (bicyclic) bond motifs is 2. The summed E-state index contributed by atoms with van der Waals surface area (Å²) in [4.78, 5) is 2.46. The minimum Gasteiger partial charge on any atom is -0.490 e. The molecule has 3 nitrogen and oxygen atoms in total. The molecule has 3 unspecified atom stereocenters. The van der Waals surface area contributed by atoms with E-state index in [1.165, 1.54) is 12.8 Å². The maximum atomic E-state index is 11.1. The van der Waals surface area contributed by atoms with Crippen molar-refractivity contribution < 1.29 is 9.84 Å². The Morgan fingerprint density at radius 1 is 1.21 bits per heavy atom. The molecular formula is C16H21NO2. The number of nitrogens with zero attached hydrogens (tertiary/aromatic N) is 1. The predicted octanol–water partition coefficient (Wildman–Crippen LogP) is 2.14.